The SMILES string of the molecule is C.C.C.C.C.C.C.C.C.C.C.C.C.C.C.C.C.C.C.C.C.C.C.C.C.C.C.C.C.C.C.C.C.C.C.C.C.C.C.C.C.C.C.CC(=O)NC(C)c1ccc(OC2CC(O)C(O)C(CO)O2)c(Oc2ccccc2)c1.Cl.Cl.N.N.N.N.N.N.N.N.O.O.O.O.O.O.O.O.O.O.O.O.O.O.O.O=CO. The van der Waals surface area contributed by atoms with Crippen molar-refractivity contribution in [2.45, 2.75) is 370 Å². The highest BCUT2D eigenvalue weighted by molar-refractivity contribution is 5.85. The van der Waals surface area contributed by atoms with E-state index in [9.17, 15) is 20.1 Å². The maximum atomic E-state index is 11.4. The topological polar surface area (TPSA) is 907 Å². The third kappa shape index (κ3) is 325. The molecule has 0 aromatic heterocycles. The number of carboxylic acid groups (broad SMARTS) is 1. The van der Waals surface area contributed by atoms with Gasteiger partial charge < -0.3 is 171 Å². The van der Waals surface area contributed by atoms with Crippen LogP contribution in [0.15, 0.2) is 48.5 Å². The third-order valence-electron chi connectivity index (χ3n) is 4.83. The Hall–Kier alpha value is -3.52. The standard InChI is InChI=1S/C22H27NO7.CH2O2.43CH4.2ClH.8H3N.15H2O/c1-13(23-14(2)25)15-8-9-18(19(10-15)28-16-6-4-3-5-7-16)29-21-11-17(26)22(27)20(12-24)30-21;2-1-3;;;;;;;;;;;;;;;;;;;;;;;;;;;;;;;;;;;;;;;;;;;;;;;;;;;;;;;;;;;;;;;;;;;;/h3-10,13,17,20-22,24,26-27H,11-12H2,1-2H3,(H,23,25);1H,(H,2,3);43*1H4;2*1H;8*1H3;15*1H2. The van der Waals surface area contributed by atoms with Crippen LogP contribution < -0.4 is 64.0 Å². The molecule has 1 aliphatic heterocycles. The molecule has 33 nitrogen and oxygen atoms in total. The fourth-order valence-electron chi connectivity index (χ4n) is 3.26. The number of carbonyl (C=O) groups excluding carboxylic acids is 1. The molecule has 1 saturated heterocycles. The van der Waals surface area contributed by atoms with Crippen LogP contribution in [0.1, 0.15) is 351 Å². The Morgan fingerprint density at radius 3 is 0.851 bits per heavy atom. The van der Waals surface area contributed by atoms with Crippen molar-refractivity contribution < 1.29 is 126 Å². The molecular formula is C66H257Cl2N9O24. The number of nitrogens with one attached hydrogen (secondary N) is 1. The van der Waals surface area contributed by atoms with Gasteiger partial charge in [0, 0.05) is 13.3 Å². The van der Waals surface area contributed by atoms with Crippen LogP contribution >= 0.6 is 24.8 Å². The Balaban J connectivity index is -0.00000000246. The number of halogens is 2. The lowest BCUT2D eigenvalue weighted by Crippen LogP contribution is -2.51. The second-order valence-corrected chi connectivity index (χ2v) is 7.35. The summed E-state index contributed by atoms with van der Waals surface area (Å²) in [6, 6.07) is 14.2. The zero-order chi connectivity index (χ0) is 24.4. The second kappa shape index (κ2) is 511. The Kier molecular flexibility index (Phi) is 4940. The summed E-state index contributed by atoms with van der Waals surface area (Å²) in [5.41, 5.74) is 0.816. The van der Waals surface area contributed by atoms with Gasteiger partial charge in [-0.2, -0.15) is 0 Å². The molecule has 0 saturated carbocycles. The maximum absolute atomic E-state index is 11.4. The van der Waals surface area contributed by atoms with E-state index in [2.05, 4.69) is 5.32 Å². The number of aliphatic hydroxyl groups is 3. The van der Waals surface area contributed by atoms with Crippen molar-refractivity contribution in [2.24, 2.45) is 0 Å². The quantitative estimate of drug-likeness (QED) is 0.115. The summed E-state index contributed by atoms with van der Waals surface area (Å²) in [6.45, 7) is 2.61. The van der Waals surface area contributed by atoms with E-state index in [4.69, 9.17) is 24.1 Å². The molecule has 1 fully saturated rings. The van der Waals surface area contributed by atoms with Gasteiger partial charge in [-0.25, -0.2) is 0 Å². The highest BCUT2D eigenvalue weighted by Crippen LogP contribution is 2.36. The molecule has 59 N–H and O–H groups in total. The molecule has 1 heterocycles. The number of hydrogen-bond acceptors (Lipinski definition) is 16. The van der Waals surface area contributed by atoms with Gasteiger partial charge in [0.05, 0.1) is 18.8 Å². The second-order valence-electron chi connectivity index (χ2n) is 7.35. The van der Waals surface area contributed by atoms with Crippen LogP contribution in [-0.2, 0) is 14.3 Å². The fraction of sp³-hybridized carbons (Fsp3) is 0.788. The lowest BCUT2D eigenvalue weighted by Gasteiger charge is -2.36. The van der Waals surface area contributed by atoms with E-state index in [1.165, 1.54) is 6.92 Å². The minimum Gasteiger partial charge on any atom is -0.483 e. The number of benzene rings is 2. The predicted molar refractivity (Wildman–Crippen MR) is 515 cm³/mol. The van der Waals surface area contributed by atoms with Crippen molar-refractivity contribution in [1.29, 1.82) is 0 Å². The molecule has 0 spiro atoms. The zero-order valence-electron chi connectivity index (χ0n) is 32.3. The number of hydrogen-bond donors (Lipinski definition) is 13. The summed E-state index contributed by atoms with van der Waals surface area (Å²) in [5.74, 6) is 1.22. The number of ether oxygens (including phenoxy) is 3. The van der Waals surface area contributed by atoms with Crippen LogP contribution in [0.25, 0.3) is 0 Å². The molecule has 2 aromatic rings. The highest BCUT2D eigenvalue weighted by atomic mass is 35.5. The Morgan fingerprint density at radius 2 is 0.653 bits per heavy atom. The van der Waals surface area contributed by atoms with Crippen LogP contribution in [0.2, 0.25) is 0 Å². The first-order chi connectivity index (χ1) is 15.8. The summed E-state index contributed by atoms with van der Waals surface area (Å²) in [4.78, 5) is 19.8. The molecule has 724 valence electrons. The molecular weight excluding hydrogens is 1370 g/mol. The normalized spacial score (nSPS) is 7.46. The van der Waals surface area contributed by atoms with E-state index in [-0.39, 0.29) is 500 Å². The predicted octanol–water partition coefficient (Wildman–Crippen LogP) is 18.7. The van der Waals surface area contributed by atoms with Crippen LogP contribution in [0.3, 0.4) is 0 Å². The first-order valence-electron chi connectivity index (χ1n) is 10.3. The minimum atomic E-state index is -1.18. The monoisotopic (exact) mass is 1630 g/mol. The zero-order valence-corrected chi connectivity index (χ0v) is 33.9. The number of rotatable bonds is 7. The van der Waals surface area contributed by atoms with Crippen molar-refractivity contribution in [2.75, 3.05) is 6.61 Å². The molecule has 0 aliphatic carbocycles. The van der Waals surface area contributed by atoms with Crippen molar-refractivity contribution in [3.63, 3.8) is 0 Å². The Morgan fingerprint density at radius 1 is 0.436 bits per heavy atom. The Bertz CT molecular complexity index is 992. The lowest BCUT2D eigenvalue weighted by atomic mass is 10.0. The maximum Gasteiger partial charge on any atom is 0.290 e. The largest absolute Gasteiger partial charge is 0.483 e. The molecule has 3 rings (SSSR count). The first-order valence-corrected chi connectivity index (χ1v) is 10.3. The van der Waals surface area contributed by atoms with Crippen LogP contribution in [-0.4, -0.2) is 146 Å². The van der Waals surface area contributed by atoms with Gasteiger partial charge in [0.2, 0.25) is 12.2 Å². The van der Waals surface area contributed by atoms with Gasteiger partial charge in [-0.1, -0.05) is 344 Å². The molecule has 0 radical (unpaired) electrons. The number of amides is 1. The van der Waals surface area contributed by atoms with Crippen LogP contribution in [0.5, 0.6) is 17.2 Å². The van der Waals surface area contributed by atoms with Gasteiger partial charge in [0.15, 0.2) is 11.5 Å². The smallest absolute Gasteiger partial charge is 0.290 e. The van der Waals surface area contributed by atoms with Gasteiger partial charge in [0.25, 0.3) is 6.47 Å². The van der Waals surface area contributed by atoms with Crippen molar-refractivity contribution >= 4 is 37.2 Å². The molecule has 0 bridgehead atoms. The van der Waals surface area contributed by atoms with E-state index in [1.54, 1.807) is 30.3 Å². The summed E-state index contributed by atoms with van der Waals surface area (Å²) >= 11 is 0. The molecule has 2 aromatic carbocycles. The molecule has 5 atom stereocenters. The molecule has 35 heteroatoms. The molecule has 1 amide bonds. The molecule has 1 aliphatic rings. The molecule has 5 unspecified atom stereocenters. The van der Waals surface area contributed by atoms with E-state index >= 15 is 0 Å². The fourth-order valence-corrected chi connectivity index (χ4v) is 3.26. The van der Waals surface area contributed by atoms with Gasteiger partial charge in [-0.3, -0.25) is 9.59 Å². The summed E-state index contributed by atoms with van der Waals surface area (Å²) < 4.78 is 17.5. The first kappa shape index (κ1) is 977. The van der Waals surface area contributed by atoms with Crippen molar-refractivity contribution in [1.82, 2.24) is 54.5 Å². The van der Waals surface area contributed by atoms with E-state index < -0.39 is 31.2 Å². The summed E-state index contributed by atoms with van der Waals surface area (Å²) in [6.07, 6.45) is -4.06. The van der Waals surface area contributed by atoms with Crippen molar-refractivity contribution in [3.05, 3.63) is 54.1 Å². The van der Waals surface area contributed by atoms with Crippen molar-refractivity contribution in [3.8, 4) is 17.2 Å². The highest BCUT2D eigenvalue weighted by Gasteiger charge is 2.37. The number of carbonyl (C=O) groups is 2. The number of aliphatic hydroxyl groups excluding tert-OH is 3. The summed E-state index contributed by atoms with van der Waals surface area (Å²) in [5, 5.41) is 39.0. The Labute approximate surface area is 663 Å². The average molecular weight is 1630 g/mol. The van der Waals surface area contributed by atoms with Gasteiger partial charge in [-0.05, 0) is 36.8 Å². The summed E-state index contributed by atoms with van der Waals surface area (Å²) in [7, 11) is 0. The van der Waals surface area contributed by atoms with Crippen LogP contribution in [0, 0.1) is 0 Å². The van der Waals surface area contributed by atoms with E-state index in [0.717, 1.165) is 5.56 Å². The minimum absolute atomic E-state index is 0. The lowest BCUT2D eigenvalue weighted by molar-refractivity contribution is -0.230. The van der Waals surface area contributed by atoms with Gasteiger partial charge >= 0.3 is 0 Å². The van der Waals surface area contributed by atoms with E-state index in [1.807, 2.05) is 25.1 Å². The third-order valence-corrected chi connectivity index (χ3v) is 4.83. The average Bonchev–Trinajstić information content (AvgIpc) is 2.78. The van der Waals surface area contributed by atoms with Gasteiger partial charge in [0.1, 0.15) is 18.0 Å². The van der Waals surface area contributed by atoms with E-state index in [0.29, 0.717) is 17.2 Å². The molecule has 101 heavy (non-hydrogen) atoms. The van der Waals surface area contributed by atoms with Gasteiger partial charge in [-0.15, -0.1) is 24.8 Å². The van der Waals surface area contributed by atoms with Crippen LogP contribution in [0.4, 0.5) is 0 Å². The number of para-hydroxylation sites is 1.